The number of carbonyl (C=O) groups excluding carboxylic acids is 1. The lowest BCUT2D eigenvalue weighted by molar-refractivity contribution is 0.0180. The van der Waals surface area contributed by atoms with Crippen molar-refractivity contribution in [2.24, 2.45) is 5.92 Å². The van der Waals surface area contributed by atoms with Crippen molar-refractivity contribution in [2.45, 2.75) is 37.3 Å². The molecule has 4 bridgehead atoms. The van der Waals surface area contributed by atoms with E-state index in [-0.39, 0.29) is 29.0 Å². The molecular weight excluding hydrogens is 388 g/mol. The molecule has 162 valence electrons. The fraction of sp³-hybridized carbons (Fsp3) is 0.520. The molecule has 7 rings (SSSR count). The molecule has 1 amide bonds. The quantitative estimate of drug-likeness (QED) is 0.823. The Hall–Kier alpha value is -2.44. The summed E-state index contributed by atoms with van der Waals surface area (Å²) in [6, 6.07) is 12.9. The summed E-state index contributed by atoms with van der Waals surface area (Å²) in [7, 11) is 0. The maximum absolute atomic E-state index is 13.6. The molecular formula is C25H30N4O2. The molecule has 3 unspecified atom stereocenters. The number of fused-ring (bicyclic) bond motifs is 1. The summed E-state index contributed by atoms with van der Waals surface area (Å²) in [4.78, 5) is 31.9. The van der Waals surface area contributed by atoms with Crippen molar-refractivity contribution in [1.29, 1.82) is 0 Å². The number of carbonyl (C=O) groups is 1. The largest absolute Gasteiger partial charge is 0.348 e. The van der Waals surface area contributed by atoms with Gasteiger partial charge >= 0.3 is 0 Å². The topological polar surface area (TPSA) is 57.6 Å². The molecule has 0 spiro atoms. The van der Waals surface area contributed by atoms with Crippen molar-refractivity contribution >= 4 is 5.91 Å². The first-order valence-corrected chi connectivity index (χ1v) is 11.6. The van der Waals surface area contributed by atoms with E-state index in [0.29, 0.717) is 11.5 Å². The normalized spacial score (nSPS) is 33.8. The average molecular weight is 419 g/mol. The predicted octanol–water partition coefficient (Wildman–Crippen LogP) is 1.79. The standard InChI is InChI=1S/C25H30N4O2/c1-17-9-10-29(20-7-8-20)24(31)21(17)23(30)26-22-18-13-27-11-12-28(14-18)16-25(22,15-27)19-5-3-2-4-6-19/h2-6,9-10,18,20,22H,7-8,11-16H2,1H3,(H,26,30). The molecule has 6 heteroatoms. The first kappa shape index (κ1) is 19.3. The van der Waals surface area contributed by atoms with E-state index in [1.54, 1.807) is 4.57 Å². The molecule has 4 saturated heterocycles. The first-order chi connectivity index (χ1) is 15.0. The van der Waals surface area contributed by atoms with Gasteiger partial charge in [-0.3, -0.25) is 9.59 Å². The Morgan fingerprint density at radius 3 is 2.35 bits per heavy atom. The zero-order chi connectivity index (χ0) is 21.2. The molecule has 3 atom stereocenters. The van der Waals surface area contributed by atoms with Gasteiger partial charge in [-0.15, -0.1) is 0 Å². The van der Waals surface area contributed by atoms with Crippen molar-refractivity contribution in [1.82, 2.24) is 19.7 Å². The molecule has 1 aromatic heterocycles. The van der Waals surface area contributed by atoms with E-state index in [4.69, 9.17) is 0 Å². The molecule has 0 radical (unpaired) electrons. The van der Waals surface area contributed by atoms with Crippen LogP contribution in [-0.4, -0.2) is 65.6 Å². The van der Waals surface area contributed by atoms with Crippen LogP contribution in [0.4, 0.5) is 0 Å². The number of hydrogen-bond acceptors (Lipinski definition) is 4. The van der Waals surface area contributed by atoms with Gasteiger partial charge in [0.2, 0.25) is 0 Å². The molecule has 1 aliphatic carbocycles. The number of nitrogens with zero attached hydrogens (tertiary/aromatic N) is 3. The number of rotatable bonds is 4. The van der Waals surface area contributed by atoms with Crippen LogP contribution in [0.5, 0.6) is 0 Å². The second-order valence-corrected chi connectivity index (χ2v) is 10.0. The molecule has 5 fully saturated rings. The number of pyridine rings is 1. The minimum Gasteiger partial charge on any atom is -0.348 e. The molecule has 5 aliphatic rings. The van der Waals surface area contributed by atoms with Crippen LogP contribution in [0.2, 0.25) is 0 Å². The van der Waals surface area contributed by atoms with Crippen molar-refractivity contribution in [3.8, 4) is 0 Å². The molecule has 1 saturated carbocycles. The first-order valence-electron chi connectivity index (χ1n) is 11.6. The molecule has 1 aromatic carbocycles. The Labute approximate surface area is 182 Å². The third-order valence-electron chi connectivity index (χ3n) is 7.93. The predicted molar refractivity (Wildman–Crippen MR) is 119 cm³/mol. The molecule has 4 aliphatic heterocycles. The van der Waals surface area contributed by atoms with Crippen LogP contribution >= 0.6 is 0 Å². The van der Waals surface area contributed by atoms with E-state index in [9.17, 15) is 9.59 Å². The van der Waals surface area contributed by atoms with E-state index in [1.165, 1.54) is 5.56 Å². The lowest BCUT2D eigenvalue weighted by atomic mass is 9.64. The fourth-order valence-electron chi connectivity index (χ4n) is 6.34. The van der Waals surface area contributed by atoms with E-state index < -0.39 is 0 Å². The minimum atomic E-state index is -0.200. The highest BCUT2D eigenvalue weighted by molar-refractivity contribution is 5.95. The number of hydrogen-bond donors (Lipinski definition) is 1. The highest BCUT2D eigenvalue weighted by Crippen LogP contribution is 2.43. The maximum atomic E-state index is 13.6. The van der Waals surface area contributed by atoms with Crippen molar-refractivity contribution in [3.63, 3.8) is 0 Å². The van der Waals surface area contributed by atoms with Crippen LogP contribution in [0.3, 0.4) is 0 Å². The summed E-state index contributed by atoms with van der Waals surface area (Å²) in [5.74, 6) is 0.165. The minimum absolute atomic E-state index is 0.0291. The number of amides is 1. The Morgan fingerprint density at radius 1 is 1.03 bits per heavy atom. The van der Waals surface area contributed by atoms with Crippen LogP contribution in [0.15, 0.2) is 47.4 Å². The van der Waals surface area contributed by atoms with Gasteiger partial charge in [0, 0.05) is 68.9 Å². The second kappa shape index (κ2) is 7.04. The summed E-state index contributed by atoms with van der Waals surface area (Å²) < 4.78 is 1.76. The lowest BCUT2D eigenvalue weighted by Crippen LogP contribution is -2.70. The van der Waals surface area contributed by atoms with Crippen LogP contribution < -0.4 is 10.9 Å². The number of aromatic nitrogens is 1. The monoisotopic (exact) mass is 418 g/mol. The van der Waals surface area contributed by atoms with Crippen LogP contribution in [0, 0.1) is 12.8 Å². The SMILES string of the molecule is Cc1ccn(C2CC2)c(=O)c1C(=O)NC1C2CN3CCN(C2)CC1(c1ccccc1)C3. The summed E-state index contributed by atoms with van der Waals surface area (Å²) in [6.07, 6.45) is 3.90. The molecule has 31 heavy (non-hydrogen) atoms. The Balaban J connectivity index is 1.39. The van der Waals surface area contributed by atoms with Crippen LogP contribution in [0.25, 0.3) is 0 Å². The Bertz CT molecular complexity index is 1060. The van der Waals surface area contributed by atoms with Gasteiger partial charge < -0.3 is 19.7 Å². The van der Waals surface area contributed by atoms with Crippen molar-refractivity contribution in [3.05, 3.63) is 69.6 Å². The average Bonchev–Trinajstić information content (AvgIpc) is 3.60. The lowest BCUT2D eigenvalue weighted by Gasteiger charge is -2.55. The number of piperidine rings is 2. The molecule has 6 nitrogen and oxygen atoms in total. The summed E-state index contributed by atoms with van der Waals surface area (Å²) in [5, 5.41) is 3.41. The van der Waals surface area contributed by atoms with Gasteiger partial charge in [0.05, 0.1) is 0 Å². The summed E-state index contributed by atoms with van der Waals surface area (Å²) in [6.45, 7) is 7.99. The summed E-state index contributed by atoms with van der Waals surface area (Å²) >= 11 is 0. The van der Waals surface area contributed by atoms with Gasteiger partial charge in [0.1, 0.15) is 5.56 Å². The zero-order valence-corrected chi connectivity index (χ0v) is 18.1. The van der Waals surface area contributed by atoms with Gasteiger partial charge in [-0.05, 0) is 37.0 Å². The highest BCUT2D eigenvalue weighted by atomic mass is 16.2. The highest BCUT2D eigenvalue weighted by Gasteiger charge is 2.55. The molecule has 5 heterocycles. The van der Waals surface area contributed by atoms with Gasteiger partial charge in [-0.2, -0.15) is 0 Å². The second-order valence-electron chi connectivity index (χ2n) is 10.0. The fourth-order valence-corrected chi connectivity index (χ4v) is 6.34. The smallest absolute Gasteiger partial charge is 0.263 e. The van der Waals surface area contributed by atoms with E-state index in [0.717, 1.165) is 57.7 Å². The number of nitrogens with one attached hydrogen (secondary N) is 1. The van der Waals surface area contributed by atoms with E-state index >= 15 is 0 Å². The van der Waals surface area contributed by atoms with Gasteiger partial charge in [-0.25, -0.2) is 0 Å². The van der Waals surface area contributed by atoms with Gasteiger partial charge in [0.25, 0.3) is 11.5 Å². The summed E-state index contributed by atoms with van der Waals surface area (Å²) in [5.41, 5.74) is 2.10. The van der Waals surface area contributed by atoms with Gasteiger partial charge in [-0.1, -0.05) is 30.3 Å². The zero-order valence-electron chi connectivity index (χ0n) is 18.1. The van der Waals surface area contributed by atoms with E-state index in [2.05, 4.69) is 45.4 Å². The third kappa shape index (κ3) is 3.07. The maximum Gasteiger partial charge on any atom is 0.263 e. The van der Waals surface area contributed by atoms with Gasteiger partial charge in [0.15, 0.2) is 0 Å². The molecule has 2 aromatic rings. The van der Waals surface area contributed by atoms with Crippen molar-refractivity contribution < 1.29 is 4.79 Å². The Kier molecular flexibility index (Phi) is 4.37. The third-order valence-corrected chi connectivity index (χ3v) is 7.93. The van der Waals surface area contributed by atoms with Crippen molar-refractivity contribution in [2.75, 3.05) is 39.3 Å². The van der Waals surface area contributed by atoms with Crippen LogP contribution in [-0.2, 0) is 5.41 Å². The van der Waals surface area contributed by atoms with Crippen LogP contribution in [0.1, 0.15) is 40.4 Å². The molecule has 1 N–H and O–H groups in total. The van der Waals surface area contributed by atoms with E-state index in [1.807, 2.05) is 19.2 Å². The number of benzene rings is 1. The Morgan fingerprint density at radius 2 is 1.71 bits per heavy atom. The number of aryl methyl sites for hydroxylation is 1.